The molecule has 17 heavy (non-hydrogen) atoms. The average Bonchev–Trinajstić information content (AvgIpc) is 2.29. The van der Waals surface area contributed by atoms with Gasteiger partial charge in [0.25, 0.3) is 5.91 Å². The number of carbonyl (C=O) groups excluding carboxylic acids is 1. The van der Waals surface area contributed by atoms with Crippen LogP contribution in [0.25, 0.3) is 0 Å². The second-order valence-corrected chi connectivity index (χ2v) is 5.12. The molecule has 0 spiro atoms. The molecule has 0 saturated carbocycles. The number of hydrogen-bond acceptors (Lipinski definition) is 3. The van der Waals surface area contributed by atoms with Crippen molar-refractivity contribution in [1.29, 1.82) is 0 Å². The van der Waals surface area contributed by atoms with Gasteiger partial charge in [0.1, 0.15) is 0 Å². The summed E-state index contributed by atoms with van der Waals surface area (Å²) in [6, 6.07) is 2.74. The third-order valence-corrected chi connectivity index (χ3v) is 3.20. The molecule has 1 aromatic rings. The van der Waals surface area contributed by atoms with Crippen molar-refractivity contribution in [3.05, 3.63) is 29.8 Å². The minimum atomic E-state index is -0.633. The summed E-state index contributed by atoms with van der Waals surface area (Å²) in [5, 5.41) is 2.84. The Bertz CT molecular complexity index is 373. The van der Waals surface area contributed by atoms with Crippen LogP contribution in [0.2, 0.25) is 0 Å². The molecule has 0 bridgehead atoms. The topological polar surface area (TPSA) is 42.0 Å². The highest BCUT2D eigenvalue weighted by Gasteiger charge is 2.10. The van der Waals surface area contributed by atoms with E-state index in [0.717, 1.165) is 24.0 Å². The van der Waals surface area contributed by atoms with Gasteiger partial charge in [0, 0.05) is 23.9 Å². The van der Waals surface area contributed by atoms with Gasteiger partial charge in [0.05, 0.1) is 0 Å². The van der Waals surface area contributed by atoms with E-state index in [1.165, 1.54) is 12.3 Å². The lowest BCUT2D eigenvalue weighted by molar-refractivity contribution is 0.0939. The van der Waals surface area contributed by atoms with Crippen LogP contribution in [0.15, 0.2) is 18.3 Å². The van der Waals surface area contributed by atoms with E-state index in [0.29, 0.717) is 5.56 Å². The Kier molecular flexibility index (Phi) is 5.97. The van der Waals surface area contributed by atoms with Crippen LogP contribution in [0, 0.1) is 5.95 Å². The van der Waals surface area contributed by atoms with Crippen molar-refractivity contribution < 1.29 is 9.18 Å². The molecule has 94 valence electrons. The van der Waals surface area contributed by atoms with Crippen LogP contribution in [0.3, 0.4) is 0 Å². The molecule has 5 heteroatoms. The first-order chi connectivity index (χ1) is 8.13. The second kappa shape index (κ2) is 7.27. The Morgan fingerprint density at radius 3 is 3.06 bits per heavy atom. The summed E-state index contributed by atoms with van der Waals surface area (Å²) in [6.45, 7) is 4.05. The first-order valence-corrected chi connectivity index (χ1v) is 6.79. The lowest BCUT2D eigenvalue weighted by Gasteiger charge is -2.13. The van der Waals surface area contributed by atoms with E-state index in [-0.39, 0.29) is 11.9 Å². The van der Waals surface area contributed by atoms with E-state index >= 15 is 0 Å². The highest BCUT2D eigenvalue weighted by molar-refractivity contribution is 7.99. The molecule has 3 nitrogen and oxygen atoms in total. The molecule has 0 fully saturated rings. The summed E-state index contributed by atoms with van der Waals surface area (Å²) < 4.78 is 12.8. The molecule has 0 radical (unpaired) electrons. The van der Waals surface area contributed by atoms with Gasteiger partial charge in [-0.25, -0.2) is 4.98 Å². The van der Waals surface area contributed by atoms with Crippen molar-refractivity contribution in [1.82, 2.24) is 10.3 Å². The third-order valence-electron chi connectivity index (χ3n) is 2.27. The number of nitrogens with one attached hydrogen (secondary N) is 1. The van der Waals surface area contributed by atoms with Crippen LogP contribution >= 0.6 is 11.8 Å². The number of pyridine rings is 1. The molecule has 1 unspecified atom stereocenters. The largest absolute Gasteiger partial charge is 0.350 e. The van der Waals surface area contributed by atoms with E-state index < -0.39 is 5.95 Å². The van der Waals surface area contributed by atoms with Crippen LogP contribution in [0.5, 0.6) is 0 Å². The minimum Gasteiger partial charge on any atom is -0.350 e. The number of aromatic nitrogens is 1. The van der Waals surface area contributed by atoms with Gasteiger partial charge in [-0.3, -0.25) is 4.79 Å². The van der Waals surface area contributed by atoms with Gasteiger partial charge in [-0.05, 0) is 30.9 Å². The molecular weight excluding hydrogens is 239 g/mol. The molecule has 1 N–H and O–H groups in total. The van der Waals surface area contributed by atoms with Crippen molar-refractivity contribution in [3.63, 3.8) is 0 Å². The maximum atomic E-state index is 12.8. The molecule has 0 saturated heterocycles. The quantitative estimate of drug-likeness (QED) is 0.628. The minimum absolute atomic E-state index is 0.0952. The molecule has 1 amide bonds. The monoisotopic (exact) mass is 256 g/mol. The molecule has 0 aliphatic carbocycles. The van der Waals surface area contributed by atoms with Gasteiger partial charge in [-0.1, -0.05) is 6.92 Å². The van der Waals surface area contributed by atoms with Gasteiger partial charge in [-0.15, -0.1) is 0 Å². The van der Waals surface area contributed by atoms with Crippen molar-refractivity contribution in [2.45, 2.75) is 26.3 Å². The maximum absolute atomic E-state index is 12.8. The molecule has 0 aromatic carbocycles. The van der Waals surface area contributed by atoms with E-state index in [2.05, 4.69) is 17.2 Å². The summed E-state index contributed by atoms with van der Waals surface area (Å²) in [5.74, 6) is 1.21. The van der Waals surface area contributed by atoms with Crippen molar-refractivity contribution in [2.24, 2.45) is 0 Å². The van der Waals surface area contributed by atoms with Crippen LogP contribution in [-0.4, -0.2) is 28.4 Å². The number of carbonyl (C=O) groups is 1. The molecule has 0 aliphatic heterocycles. The molecule has 1 aromatic heterocycles. The number of thioether (sulfide) groups is 1. The second-order valence-electron chi connectivity index (χ2n) is 3.73. The van der Waals surface area contributed by atoms with Crippen LogP contribution in [0.1, 0.15) is 30.6 Å². The predicted octanol–water partition coefficient (Wildman–Crippen LogP) is 2.48. The zero-order chi connectivity index (χ0) is 12.7. The van der Waals surface area contributed by atoms with Crippen LogP contribution in [-0.2, 0) is 0 Å². The first kappa shape index (κ1) is 14.0. The Morgan fingerprint density at radius 2 is 2.41 bits per heavy atom. The fraction of sp³-hybridized carbons (Fsp3) is 0.500. The highest BCUT2D eigenvalue weighted by Crippen LogP contribution is 2.05. The van der Waals surface area contributed by atoms with Gasteiger partial charge in [0.2, 0.25) is 5.95 Å². The summed E-state index contributed by atoms with van der Waals surface area (Å²) in [6.07, 6.45) is 2.21. The Morgan fingerprint density at radius 1 is 1.65 bits per heavy atom. The summed E-state index contributed by atoms with van der Waals surface area (Å²) in [4.78, 5) is 15.1. The number of rotatable bonds is 6. The number of halogens is 1. The van der Waals surface area contributed by atoms with E-state index in [1.54, 1.807) is 0 Å². The smallest absolute Gasteiger partial charge is 0.251 e. The van der Waals surface area contributed by atoms with Crippen molar-refractivity contribution >= 4 is 17.7 Å². The number of amides is 1. The lowest BCUT2D eigenvalue weighted by atomic mass is 10.2. The van der Waals surface area contributed by atoms with E-state index in [4.69, 9.17) is 0 Å². The maximum Gasteiger partial charge on any atom is 0.251 e. The third kappa shape index (κ3) is 5.17. The fourth-order valence-corrected chi connectivity index (χ4v) is 2.14. The normalized spacial score (nSPS) is 12.2. The standard InChI is InChI=1S/C12H17FN2OS/c1-3-17-7-5-9(2)15-12(16)10-4-6-14-11(13)8-10/h4,6,8-9H,3,5,7H2,1-2H3,(H,15,16). The number of nitrogens with zero attached hydrogens (tertiary/aromatic N) is 1. The Labute approximate surface area is 105 Å². The zero-order valence-electron chi connectivity index (χ0n) is 10.1. The van der Waals surface area contributed by atoms with Crippen molar-refractivity contribution in [2.75, 3.05) is 11.5 Å². The highest BCUT2D eigenvalue weighted by atomic mass is 32.2. The van der Waals surface area contributed by atoms with Crippen LogP contribution < -0.4 is 5.32 Å². The fourth-order valence-electron chi connectivity index (χ4n) is 1.33. The molecule has 1 heterocycles. The average molecular weight is 256 g/mol. The Balaban J connectivity index is 2.43. The zero-order valence-corrected chi connectivity index (χ0v) is 10.9. The van der Waals surface area contributed by atoms with Gasteiger partial charge >= 0.3 is 0 Å². The Hall–Kier alpha value is -1.10. The summed E-state index contributed by atoms with van der Waals surface area (Å²) in [7, 11) is 0. The molecule has 1 rings (SSSR count). The SMILES string of the molecule is CCSCCC(C)NC(=O)c1ccnc(F)c1. The van der Waals surface area contributed by atoms with E-state index in [1.807, 2.05) is 18.7 Å². The van der Waals surface area contributed by atoms with Gasteiger partial charge < -0.3 is 5.32 Å². The molecule has 0 aliphatic rings. The van der Waals surface area contributed by atoms with Crippen LogP contribution in [0.4, 0.5) is 4.39 Å². The summed E-state index contributed by atoms with van der Waals surface area (Å²) >= 11 is 1.84. The summed E-state index contributed by atoms with van der Waals surface area (Å²) in [5.41, 5.74) is 0.312. The lowest BCUT2D eigenvalue weighted by Crippen LogP contribution is -2.33. The number of hydrogen-bond donors (Lipinski definition) is 1. The predicted molar refractivity (Wildman–Crippen MR) is 68.7 cm³/mol. The first-order valence-electron chi connectivity index (χ1n) is 5.63. The van der Waals surface area contributed by atoms with Gasteiger partial charge in [0.15, 0.2) is 0 Å². The van der Waals surface area contributed by atoms with Gasteiger partial charge in [-0.2, -0.15) is 16.2 Å². The van der Waals surface area contributed by atoms with E-state index in [9.17, 15) is 9.18 Å². The molecular formula is C12H17FN2OS. The molecule has 1 atom stereocenters. The van der Waals surface area contributed by atoms with Crippen molar-refractivity contribution in [3.8, 4) is 0 Å².